The molecule has 0 saturated carbocycles. The van der Waals surface area contributed by atoms with Crippen LogP contribution < -0.4 is 15.4 Å². The fourth-order valence-corrected chi connectivity index (χ4v) is 1.79. The van der Waals surface area contributed by atoms with E-state index in [0.717, 1.165) is 30.4 Å². The average molecular weight is 435 g/mol. The van der Waals surface area contributed by atoms with Gasteiger partial charge in [-0.2, -0.15) is 0 Å². The third-order valence-corrected chi connectivity index (χ3v) is 2.90. The summed E-state index contributed by atoms with van der Waals surface area (Å²) in [5.74, 6) is 2.01. The second-order valence-corrected chi connectivity index (χ2v) is 5.78. The van der Waals surface area contributed by atoms with Gasteiger partial charge in [-0.1, -0.05) is 26.0 Å². The van der Waals surface area contributed by atoms with Gasteiger partial charge in [0.15, 0.2) is 5.96 Å². The number of aliphatic imine (C=N–C) groups is 1. The van der Waals surface area contributed by atoms with Crippen molar-refractivity contribution in [2.45, 2.75) is 33.8 Å². The molecular formula is C17H30IN3O2. The molecule has 0 heterocycles. The van der Waals surface area contributed by atoms with Crippen LogP contribution in [0.3, 0.4) is 0 Å². The highest BCUT2D eigenvalue weighted by Crippen LogP contribution is 2.12. The van der Waals surface area contributed by atoms with Crippen molar-refractivity contribution < 1.29 is 9.84 Å². The van der Waals surface area contributed by atoms with Gasteiger partial charge >= 0.3 is 0 Å². The number of aryl methyl sites for hydroxylation is 1. The van der Waals surface area contributed by atoms with Crippen molar-refractivity contribution >= 4 is 29.9 Å². The second kappa shape index (κ2) is 12.4. The molecule has 1 rings (SSSR count). The molecule has 0 radical (unpaired) electrons. The Hall–Kier alpha value is -1.02. The number of rotatable bonds is 8. The zero-order valence-electron chi connectivity index (χ0n) is 14.5. The lowest BCUT2D eigenvalue weighted by Gasteiger charge is -2.16. The molecule has 0 fully saturated rings. The smallest absolute Gasteiger partial charge is 0.191 e. The van der Waals surface area contributed by atoms with E-state index in [2.05, 4.69) is 29.5 Å². The summed E-state index contributed by atoms with van der Waals surface area (Å²) < 4.78 is 5.59. The molecule has 0 saturated heterocycles. The third kappa shape index (κ3) is 10.4. The largest absolute Gasteiger partial charge is 0.491 e. The van der Waals surface area contributed by atoms with Gasteiger partial charge in [-0.15, -0.1) is 24.0 Å². The van der Waals surface area contributed by atoms with E-state index in [1.165, 1.54) is 0 Å². The van der Waals surface area contributed by atoms with E-state index in [0.29, 0.717) is 12.5 Å². The lowest BCUT2D eigenvalue weighted by Crippen LogP contribution is -2.42. The minimum atomic E-state index is -0.594. The molecule has 1 unspecified atom stereocenters. The maximum absolute atomic E-state index is 10.0. The first-order valence-electron chi connectivity index (χ1n) is 7.91. The van der Waals surface area contributed by atoms with E-state index in [4.69, 9.17) is 4.74 Å². The van der Waals surface area contributed by atoms with E-state index in [9.17, 15) is 5.11 Å². The number of nitrogens with one attached hydrogen (secondary N) is 2. The highest BCUT2D eigenvalue weighted by atomic mass is 127. The molecule has 1 aromatic carbocycles. The molecule has 0 aliphatic rings. The highest BCUT2D eigenvalue weighted by Gasteiger charge is 2.07. The summed E-state index contributed by atoms with van der Waals surface area (Å²) in [6.45, 7) is 10.5. The van der Waals surface area contributed by atoms with Crippen molar-refractivity contribution in [3.05, 3.63) is 29.8 Å². The molecule has 1 atom stereocenters. The van der Waals surface area contributed by atoms with Gasteiger partial charge in [-0.05, 0) is 37.5 Å². The molecule has 23 heavy (non-hydrogen) atoms. The van der Waals surface area contributed by atoms with Crippen molar-refractivity contribution in [3.63, 3.8) is 0 Å². The van der Waals surface area contributed by atoms with E-state index in [1.54, 1.807) is 0 Å². The van der Waals surface area contributed by atoms with Crippen LogP contribution in [-0.2, 0) is 0 Å². The van der Waals surface area contributed by atoms with Gasteiger partial charge in [0.05, 0.1) is 0 Å². The first-order valence-corrected chi connectivity index (χ1v) is 7.91. The lowest BCUT2D eigenvalue weighted by molar-refractivity contribution is 0.110. The Morgan fingerprint density at radius 2 is 2.04 bits per heavy atom. The van der Waals surface area contributed by atoms with Crippen molar-refractivity contribution in [1.82, 2.24) is 10.6 Å². The molecule has 0 bridgehead atoms. The van der Waals surface area contributed by atoms with Crippen LogP contribution in [0.25, 0.3) is 0 Å². The predicted octanol–water partition coefficient (Wildman–Crippen LogP) is 2.56. The van der Waals surface area contributed by atoms with Crippen molar-refractivity contribution in [3.8, 4) is 5.75 Å². The number of aliphatic hydroxyl groups is 1. The molecule has 0 aliphatic carbocycles. The molecule has 0 amide bonds. The normalized spacial score (nSPS) is 12.5. The maximum atomic E-state index is 10.0. The molecule has 132 valence electrons. The van der Waals surface area contributed by atoms with Crippen LogP contribution in [0.2, 0.25) is 0 Å². The molecule has 0 aliphatic heterocycles. The standard InChI is InChI=1S/C17H29N3O2.HI/c1-5-18-17(19-10-13(2)3)20-11-15(21)12-22-16-8-6-7-14(4)9-16;/h6-9,13,15,21H,5,10-12H2,1-4H3,(H2,18,19,20);1H. The summed E-state index contributed by atoms with van der Waals surface area (Å²) in [5.41, 5.74) is 1.14. The summed E-state index contributed by atoms with van der Waals surface area (Å²) in [6.07, 6.45) is -0.594. The minimum absolute atomic E-state index is 0. The van der Waals surface area contributed by atoms with Crippen LogP contribution in [0.1, 0.15) is 26.3 Å². The van der Waals surface area contributed by atoms with Gasteiger partial charge in [0.2, 0.25) is 0 Å². The first-order chi connectivity index (χ1) is 10.5. The highest BCUT2D eigenvalue weighted by molar-refractivity contribution is 14.0. The summed E-state index contributed by atoms with van der Waals surface area (Å²) in [7, 11) is 0. The summed E-state index contributed by atoms with van der Waals surface area (Å²) in [6, 6.07) is 7.80. The number of nitrogens with zero attached hydrogens (tertiary/aromatic N) is 1. The summed E-state index contributed by atoms with van der Waals surface area (Å²) in [5, 5.41) is 16.3. The van der Waals surface area contributed by atoms with Crippen LogP contribution in [-0.4, -0.2) is 43.4 Å². The number of aliphatic hydroxyl groups excluding tert-OH is 1. The van der Waals surface area contributed by atoms with Gasteiger partial charge in [-0.3, -0.25) is 4.99 Å². The van der Waals surface area contributed by atoms with Crippen molar-refractivity contribution in [2.24, 2.45) is 10.9 Å². The maximum Gasteiger partial charge on any atom is 0.191 e. The molecule has 0 aromatic heterocycles. The average Bonchev–Trinajstić information content (AvgIpc) is 2.48. The lowest BCUT2D eigenvalue weighted by atomic mass is 10.2. The number of hydrogen-bond donors (Lipinski definition) is 3. The SMILES string of the molecule is CCNC(=NCC(C)C)NCC(O)COc1cccc(C)c1.I. The van der Waals surface area contributed by atoms with Crippen molar-refractivity contribution in [2.75, 3.05) is 26.2 Å². The van der Waals surface area contributed by atoms with E-state index in [-0.39, 0.29) is 30.6 Å². The number of benzene rings is 1. The van der Waals surface area contributed by atoms with Crippen LogP contribution >= 0.6 is 24.0 Å². The Bertz CT molecular complexity index is 467. The van der Waals surface area contributed by atoms with Gasteiger partial charge in [0, 0.05) is 19.6 Å². The van der Waals surface area contributed by atoms with Crippen molar-refractivity contribution in [1.29, 1.82) is 0 Å². The van der Waals surface area contributed by atoms with Gasteiger partial charge in [0.1, 0.15) is 18.5 Å². The molecule has 1 aromatic rings. The van der Waals surface area contributed by atoms with Crippen LogP contribution in [0, 0.1) is 12.8 Å². The molecular weight excluding hydrogens is 405 g/mol. The van der Waals surface area contributed by atoms with E-state index < -0.39 is 6.10 Å². The molecule has 5 nitrogen and oxygen atoms in total. The van der Waals surface area contributed by atoms with Gasteiger partial charge < -0.3 is 20.5 Å². The predicted molar refractivity (Wildman–Crippen MR) is 107 cm³/mol. The number of halogens is 1. The fourth-order valence-electron chi connectivity index (χ4n) is 1.79. The molecule has 6 heteroatoms. The van der Waals surface area contributed by atoms with Crippen LogP contribution in [0.15, 0.2) is 29.3 Å². The molecule has 0 spiro atoms. The summed E-state index contributed by atoms with van der Waals surface area (Å²) >= 11 is 0. The number of ether oxygens (including phenoxy) is 1. The number of hydrogen-bond acceptors (Lipinski definition) is 3. The van der Waals surface area contributed by atoms with Crippen LogP contribution in [0.4, 0.5) is 0 Å². The quantitative estimate of drug-likeness (QED) is 0.334. The Labute approximate surface area is 156 Å². The topological polar surface area (TPSA) is 65.9 Å². The Balaban J connectivity index is 0.00000484. The number of guanidine groups is 1. The third-order valence-electron chi connectivity index (χ3n) is 2.90. The molecule has 3 N–H and O–H groups in total. The second-order valence-electron chi connectivity index (χ2n) is 5.78. The van der Waals surface area contributed by atoms with Crippen LogP contribution in [0.5, 0.6) is 5.75 Å². The van der Waals surface area contributed by atoms with Gasteiger partial charge in [0.25, 0.3) is 0 Å². The summed E-state index contributed by atoms with van der Waals surface area (Å²) in [4.78, 5) is 4.46. The van der Waals surface area contributed by atoms with Gasteiger partial charge in [-0.25, -0.2) is 0 Å². The zero-order valence-corrected chi connectivity index (χ0v) is 16.8. The minimum Gasteiger partial charge on any atom is -0.491 e. The fraction of sp³-hybridized carbons (Fsp3) is 0.588. The Kier molecular flexibility index (Phi) is 11.9. The first kappa shape index (κ1) is 22.0. The van der Waals surface area contributed by atoms with E-state index in [1.807, 2.05) is 38.1 Å². The Morgan fingerprint density at radius 3 is 2.65 bits per heavy atom. The van der Waals surface area contributed by atoms with E-state index >= 15 is 0 Å². The monoisotopic (exact) mass is 435 g/mol. The zero-order chi connectivity index (χ0) is 16.4. The Morgan fingerprint density at radius 1 is 1.30 bits per heavy atom.